The molecule has 1 heterocycles. The molecule has 0 unspecified atom stereocenters. The maximum absolute atomic E-state index is 12.2. The maximum atomic E-state index is 12.2. The third kappa shape index (κ3) is 5.73. The zero-order valence-corrected chi connectivity index (χ0v) is 16.9. The Kier molecular flexibility index (Phi) is 6.66. The molecule has 2 aromatic rings. The molecule has 8 heteroatoms. The van der Waals surface area contributed by atoms with Gasteiger partial charge in [0, 0.05) is 5.54 Å². The minimum atomic E-state index is -0.712. The Morgan fingerprint density at radius 3 is 2.18 bits per heavy atom. The lowest BCUT2D eigenvalue weighted by Crippen LogP contribution is -2.49. The van der Waals surface area contributed by atoms with Gasteiger partial charge in [0.25, 0.3) is 5.91 Å². The molecule has 8 nitrogen and oxygen atoms in total. The van der Waals surface area contributed by atoms with E-state index in [1.807, 2.05) is 13.8 Å². The van der Waals surface area contributed by atoms with Crippen LogP contribution in [0.3, 0.4) is 0 Å². The number of nitrogens with one attached hydrogen (secondary N) is 2. The molecule has 0 bridgehead atoms. The summed E-state index contributed by atoms with van der Waals surface area (Å²) in [5, 5.41) is 4.70. The number of carbonyl (C=O) groups is 3. The number of hydrogen-bond acceptors (Lipinski definition) is 6. The van der Waals surface area contributed by atoms with Crippen molar-refractivity contribution in [3.63, 3.8) is 0 Å². The quantitative estimate of drug-likeness (QED) is 0.764. The molecule has 0 aliphatic heterocycles. The van der Waals surface area contributed by atoms with Gasteiger partial charge in [-0.3, -0.25) is 10.1 Å². The Morgan fingerprint density at radius 2 is 1.61 bits per heavy atom. The summed E-state index contributed by atoms with van der Waals surface area (Å²) >= 11 is 0. The predicted octanol–water partition coefficient (Wildman–Crippen LogP) is 2.54. The molecule has 0 aliphatic carbocycles. The van der Waals surface area contributed by atoms with Crippen LogP contribution in [0.5, 0.6) is 0 Å². The van der Waals surface area contributed by atoms with Gasteiger partial charge in [-0.2, -0.15) is 0 Å². The molecule has 3 amide bonds. The number of benzene rings is 1. The van der Waals surface area contributed by atoms with Gasteiger partial charge in [-0.25, -0.2) is 19.6 Å². The SMILES string of the molecule is CCc1nc2ccc(C(=O)OCC(=O)NC(=O)NC(C)(C)C)cc2nc1CC. The van der Waals surface area contributed by atoms with Crippen LogP contribution >= 0.6 is 0 Å². The van der Waals surface area contributed by atoms with Gasteiger partial charge in [0.05, 0.1) is 28.0 Å². The molecule has 2 N–H and O–H groups in total. The Morgan fingerprint density at radius 1 is 1.00 bits per heavy atom. The summed E-state index contributed by atoms with van der Waals surface area (Å²) < 4.78 is 4.99. The Balaban J connectivity index is 2.03. The number of carbonyl (C=O) groups excluding carboxylic acids is 3. The van der Waals surface area contributed by atoms with Crippen LogP contribution in [0.15, 0.2) is 18.2 Å². The lowest BCUT2D eigenvalue weighted by atomic mass is 10.1. The van der Waals surface area contributed by atoms with E-state index in [0.717, 1.165) is 24.2 Å². The number of hydrogen-bond donors (Lipinski definition) is 2. The highest BCUT2D eigenvalue weighted by atomic mass is 16.5. The Labute approximate surface area is 164 Å². The normalized spacial score (nSPS) is 11.2. The number of fused-ring (bicyclic) bond motifs is 1. The van der Waals surface area contributed by atoms with Crippen molar-refractivity contribution < 1.29 is 19.1 Å². The fourth-order valence-corrected chi connectivity index (χ4v) is 2.57. The number of aryl methyl sites for hydroxylation is 2. The molecule has 0 radical (unpaired) electrons. The van der Waals surface area contributed by atoms with E-state index in [2.05, 4.69) is 20.6 Å². The van der Waals surface area contributed by atoms with Gasteiger partial charge >= 0.3 is 12.0 Å². The van der Waals surface area contributed by atoms with Crippen LogP contribution in [0.4, 0.5) is 4.79 Å². The molecule has 1 aromatic carbocycles. The molecule has 0 saturated heterocycles. The van der Waals surface area contributed by atoms with Gasteiger partial charge in [0.1, 0.15) is 0 Å². The van der Waals surface area contributed by atoms with Crippen molar-refractivity contribution in [2.45, 2.75) is 53.0 Å². The largest absolute Gasteiger partial charge is 0.452 e. The van der Waals surface area contributed by atoms with Gasteiger partial charge in [0.15, 0.2) is 6.61 Å². The number of urea groups is 1. The Hall–Kier alpha value is -3.03. The molecule has 28 heavy (non-hydrogen) atoms. The number of ether oxygens (including phenoxy) is 1. The number of imide groups is 1. The highest BCUT2D eigenvalue weighted by Gasteiger charge is 2.17. The number of esters is 1. The van der Waals surface area contributed by atoms with E-state index < -0.39 is 30.1 Å². The summed E-state index contributed by atoms with van der Waals surface area (Å²) in [6, 6.07) is 4.23. The Bertz CT molecular complexity index is 903. The van der Waals surface area contributed by atoms with Gasteiger partial charge in [-0.1, -0.05) is 13.8 Å². The molecule has 150 valence electrons. The first kappa shape index (κ1) is 21.3. The predicted molar refractivity (Wildman–Crippen MR) is 105 cm³/mol. The minimum Gasteiger partial charge on any atom is -0.452 e. The molecule has 0 spiro atoms. The average Bonchev–Trinajstić information content (AvgIpc) is 2.62. The smallest absolute Gasteiger partial charge is 0.338 e. The first-order chi connectivity index (χ1) is 13.1. The number of nitrogens with zero attached hydrogens (tertiary/aromatic N) is 2. The number of amides is 3. The van der Waals surface area contributed by atoms with Crippen molar-refractivity contribution in [3.05, 3.63) is 35.2 Å². The third-order valence-corrected chi connectivity index (χ3v) is 3.80. The first-order valence-electron chi connectivity index (χ1n) is 9.21. The number of rotatable bonds is 5. The zero-order chi connectivity index (χ0) is 20.9. The van der Waals surface area contributed by atoms with Crippen molar-refractivity contribution >= 4 is 28.9 Å². The van der Waals surface area contributed by atoms with Crippen molar-refractivity contribution in [2.24, 2.45) is 0 Å². The van der Waals surface area contributed by atoms with Crippen LogP contribution < -0.4 is 10.6 Å². The van der Waals surface area contributed by atoms with Crippen molar-refractivity contribution in [1.29, 1.82) is 0 Å². The topological polar surface area (TPSA) is 110 Å². The van der Waals surface area contributed by atoms with Gasteiger partial charge in [0.2, 0.25) is 0 Å². The molecule has 0 fully saturated rings. The summed E-state index contributed by atoms with van der Waals surface area (Å²) in [5.41, 5.74) is 2.90. The second kappa shape index (κ2) is 8.77. The lowest BCUT2D eigenvalue weighted by Gasteiger charge is -2.20. The second-order valence-electron chi connectivity index (χ2n) is 7.36. The fraction of sp³-hybridized carbons (Fsp3) is 0.450. The standard InChI is InChI=1S/C20H26N4O4/c1-6-13-14(7-2)22-16-10-12(8-9-15(16)21-13)18(26)28-11-17(25)23-19(27)24-20(3,4)5/h8-10H,6-7,11H2,1-5H3,(H2,23,24,25,27). The summed E-state index contributed by atoms with van der Waals surface area (Å²) in [5.74, 6) is -1.38. The van der Waals surface area contributed by atoms with E-state index >= 15 is 0 Å². The number of aromatic nitrogens is 2. The van der Waals surface area contributed by atoms with E-state index in [1.165, 1.54) is 0 Å². The highest BCUT2D eigenvalue weighted by molar-refractivity contribution is 5.98. The van der Waals surface area contributed by atoms with Gasteiger partial charge in [-0.05, 0) is 51.8 Å². The van der Waals surface area contributed by atoms with E-state index in [0.29, 0.717) is 11.0 Å². The van der Waals surface area contributed by atoms with Gasteiger partial charge in [-0.15, -0.1) is 0 Å². The molecule has 0 aliphatic rings. The van der Waals surface area contributed by atoms with Crippen LogP contribution in [-0.4, -0.2) is 40.0 Å². The van der Waals surface area contributed by atoms with Crippen LogP contribution in [0.2, 0.25) is 0 Å². The van der Waals surface area contributed by atoms with Crippen LogP contribution in [0, 0.1) is 0 Å². The fourth-order valence-electron chi connectivity index (χ4n) is 2.57. The van der Waals surface area contributed by atoms with E-state index in [-0.39, 0.29) is 5.56 Å². The first-order valence-corrected chi connectivity index (χ1v) is 9.21. The lowest BCUT2D eigenvalue weighted by molar-refractivity contribution is -0.123. The molecular formula is C20H26N4O4. The molecular weight excluding hydrogens is 360 g/mol. The van der Waals surface area contributed by atoms with Crippen molar-refractivity contribution in [2.75, 3.05) is 6.61 Å². The summed E-state index contributed by atoms with van der Waals surface area (Å²) in [6.07, 6.45) is 1.53. The molecule has 0 saturated carbocycles. The van der Waals surface area contributed by atoms with E-state index in [1.54, 1.807) is 39.0 Å². The monoisotopic (exact) mass is 386 g/mol. The van der Waals surface area contributed by atoms with Crippen LogP contribution in [-0.2, 0) is 22.4 Å². The van der Waals surface area contributed by atoms with Crippen LogP contribution in [0.1, 0.15) is 56.4 Å². The third-order valence-electron chi connectivity index (χ3n) is 3.80. The zero-order valence-electron chi connectivity index (χ0n) is 16.9. The minimum absolute atomic E-state index is 0.264. The molecule has 1 aromatic heterocycles. The van der Waals surface area contributed by atoms with Crippen molar-refractivity contribution in [1.82, 2.24) is 20.6 Å². The summed E-state index contributed by atoms with van der Waals surface area (Å²) in [7, 11) is 0. The summed E-state index contributed by atoms with van der Waals surface area (Å²) in [4.78, 5) is 44.8. The molecule has 0 atom stereocenters. The molecule has 2 rings (SSSR count). The second-order valence-corrected chi connectivity index (χ2v) is 7.36. The van der Waals surface area contributed by atoms with Gasteiger partial charge < -0.3 is 10.1 Å². The highest BCUT2D eigenvalue weighted by Crippen LogP contribution is 2.16. The summed E-state index contributed by atoms with van der Waals surface area (Å²) in [6.45, 7) is 8.82. The van der Waals surface area contributed by atoms with E-state index in [4.69, 9.17) is 4.74 Å². The van der Waals surface area contributed by atoms with Crippen LogP contribution in [0.25, 0.3) is 11.0 Å². The maximum Gasteiger partial charge on any atom is 0.338 e. The average molecular weight is 386 g/mol. The van der Waals surface area contributed by atoms with Crippen molar-refractivity contribution in [3.8, 4) is 0 Å². The van der Waals surface area contributed by atoms with E-state index in [9.17, 15) is 14.4 Å².